The maximum atomic E-state index is 5.84. The largest absolute Gasteiger partial charge is 0.399 e. The normalized spacial score (nSPS) is 26.1. The molecule has 3 heteroatoms. The molecule has 2 N–H and O–H groups in total. The number of ether oxygens (including phenoxy) is 1. The number of morpholine rings is 1. The third-order valence-corrected chi connectivity index (χ3v) is 3.46. The fraction of sp³-hybridized carbons (Fsp3) is 0.571. The topological polar surface area (TPSA) is 38.5 Å². The van der Waals surface area contributed by atoms with Crippen LogP contribution in [0, 0.1) is 6.92 Å². The lowest BCUT2D eigenvalue weighted by atomic mass is 10.1. The molecule has 1 aliphatic rings. The second kappa shape index (κ2) is 5.07. The highest BCUT2D eigenvalue weighted by Crippen LogP contribution is 2.18. The molecule has 1 aliphatic heterocycles. The van der Waals surface area contributed by atoms with E-state index in [1.54, 1.807) is 0 Å². The summed E-state index contributed by atoms with van der Waals surface area (Å²) < 4.78 is 5.64. The van der Waals surface area contributed by atoms with E-state index in [1.165, 1.54) is 5.56 Å². The third-order valence-electron chi connectivity index (χ3n) is 3.46. The lowest BCUT2D eigenvalue weighted by Gasteiger charge is -2.36. The summed E-state index contributed by atoms with van der Waals surface area (Å²) in [6, 6.07) is 6.79. The first-order chi connectivity index (χ1) is 8.06. The van der Waals surface area contributed by atoms with Gasteiger partial charge < -0.3 is 10.5 Å². The molecular formula is C14H22N2O. The van der Waals surface area contributed by atoms with E-state index in [2.05, 4.69) is 37.8 Å². The van der Waals surface area contributed by atoms with Crippen molar-refractivity contribution in [1.82, 2.24) is 4.90 Å². The van der Waals surface area contributed by atoms with Crippen LogP contribution in [0.25, 0.3) is 0 Å². The maximum absolute atomic E-state index is 5.84. The number of nitrogens with zero attached hydrogens (tertiary/aromatic N) is 1. The highest BCUT2D eigenvalue weighted by Gasteiger charge is 2.23. The van der Waals surface area contributed by atoms with E-state index in [-0.39, 0.29) is 0 Å². The Morgan fingerprint density at radius 2 is 2.18 bits per heavy atom. The van der Waals surface area contributed by atoms with E-state index >= 15 is 0 Å². The van der Waals surface area contributed by atoms with Crippen LogP contribution < -0.4 is 5.73 Å². The van der Waals surface area contributed by atoms with Gasteiger partial charge in [0.1, 0.15) is 0 Å². The van der Waals surface area contributed by atoms with Crippen molar-refractivity contribution in [2.45, 2.75) is 39.5 Å². The van der Waals surface area contributed by atoms with Crippen molar-refractivity contribution in [2.75, 3.05) is 18.9 Å². The summed E-state index contributed by atoms with van der Waals surface area (Å²) in [5.41, 5.74) is 9.20. The Balaban J connectivity index is 2.06. The number of aryl methyl sites for hydroxylation is 1. The van der Waals surface area contributed by atoms with Crippen LogP contribution in [-0.4, -0.2) is 30.2 Å². The summed E-state index contributed by atoms with van der Waals surface area (Å²) >= 11 is 0. The molecule has 1 saturated heterocycles. The fourth-order valence-corrected chi connectivity index (χ4v) is 2.26. The molecule has 2 atom stereocenters. The van der Waals surface area contributed by atoms with Crippen LogP contribution in [0.3, 0.4) is 0 Å². The molecule has 1 heterocycles. The van der Waals surface area contributed by atoms with E-state index in [1.807, 2.05) is 6.07 Å². The summed E-state index contributed by atoms with van der Waals surface area (Å²) in [5.74, 6) is 0. The van der Waals surface area contributed by atoms with Crippen molar-refractivity contribution >= 4 is 5.69 Å². The van der Waals surface area contributed by atoms with Gasteiger partial charge in [0, 0.05) is 24.8 Å². The molecular weight excluding hydrogens is 212 g/mol. The van der Waals surface area contributed by atoms with Gasteiger partial charge in [-0.2, -0.15) is 0 Å². The van der Waals surface area contributed by atoms with Crippen LogP contribution in [0.4, 0.5) is 5.69 Å². The zero-order valence-corrected chi connectivity index (χ0v) is 10.9. The van der Waals surface area contributed by atoms with Gasteiger partial charge in [-0.1, -0.05) is 12.1 Å². The predicted molar refractivity (Wildman–Crippen MR) is 70.9 cm³/mol. The molecule has 0 radical (unpaired) electrons. The quantitative estimate of drug-likeness (QED) is 0.797. The van der Waals surface area contributed by atoms with E-state index in [0.29, 0.717) is 12.1 Å². The molecule has 2 rings (SSSR count). The Morgan fingerprint density at radius 3 is 2.88 bits per heavy atom. The molecule has 1 fully saturated rings. The van der Waals surface area contributed by atoms with Gasteiger partial charge >= 0.3 is 0 Å². The monoisotopic (exact) mass is 234 g/mol. The van der Waals surface area contributed by atoms with E-state index in [4.69, 9.17) is 10.5 Å². The number of nitrogens with two attached hydrogens (primary N) is 1. The summed E-state index contributed by atoms with van der Waals surface area (Å²) in [5, 5.41) is 0. The summed E-state index contributed by atoms with van der Waals surface area (Å²) in [6.45, 7) is 9.23. The van der Waals surface area contributed by atoms with Crippen molar-refractivity contribution in [2.24, 2.45) is 0 Å². The maximum Gasteiger partial charge on any atom is 0.0674 e. The van der Waals surface area contributed by atoms with E-state index < -0.39 is 0 Å². The minimum atomic E-state index is 0.334. The molecule has 0 amide bonds. The molecule has 0 spiro atoms. The standard InChI is InChI=1S/C14H22N2O/c1-10-6-13(4-5-14(10)15)8-16-7-12(3)17-9-11(16)2/h4-6,11-12H,7-9,15H2,1-3H3. The van der Waals surface area contributed by atoms with Crippen LogP contribution in [0.5, 0.6) is 0 Å². The van der Waals surface area contributed by atoms with Crippen LogP contribution in [0.1, 0.15) is 25.0 Å². The molecule has 0 saturated carbocycles. The molecule has 1 aromatic rings. The Kier molecular flexibility index (Phi) is 3.69. The minimum Gasteiger partial charge on any atom is -0.399 e. The van der Waals surface area contributed by atoms with Crippen molar-refractivity contribution in [3.8, 4) is 0 Å². The van der Waals surface area contributed by atoms with Crippen molar-refractivity contribution < 1.29 is 4.74 Å². The van der Waals surface area contributed by atoms with Crippen LogP contribution >= 0.6 is 0 Å². The summed E-state index contributed by atoms with van der Waals surface area (Å²) in [4.78, 5) is 2.47. The first kappa shape index (κ1) is 12.4. The number of rotatable bonds is 2. The van der Waals surface area contributed by atoms with Crippen molar-refractivity contribution in [3.05, 3.63) is 29.3 Å². The minimum absolute atomic E-state index is 0.334. The number of benzene rings is 1. The molecule has 17 heavy (non-hydrogen) atoms. The van der Waals surface area contributed by atoms with E-state index in [0.717, 1.165) is 30.9 Å². The average Bonchev–Trinajstić information content (AvgIpc) is 2.29. The number of nitrogen functional groups attached to an aromatic ring is 1. The number of hydrogen-bond acceptors (Lipinski definition) is 3. The second-order valence-corrected chi connectivity index (χ2v) is 5.11. The Hall–Kier alpha value is -1.06. The highest BCUT2D eigenvalue weighted by molar-refractivity contribution is 5.47. The van der Waals surface area contributed by atoms with Crippen molar-refractivity contribution in [3.63, 3.8) is 0 Å². The first-order valence-corrected chi connectivity index (χ1v) is 6.27. The Morgan fingerprint density at radius 1 is 1.41 bits per heavy atom. The van der Waals surface area contributed by atoms with Gasteiger partial charge in [-0.05, 0) is 38.0 Å². The smallest absolute Gasteiger partial charge is 0.0674 e. The average molecular weight is 234 g/mol. The SMILES string of the molecule is Cc1cc(CN2CC(C)OCC2C)ccc1N. The molecule has 0 aliphatic carbocycles. The van der Waals surface area contributed by atoms with Gasteiger partial charge in [0.2, 0.25) is 0 Å². The van der Waals surface area contributed by atoms with Crippen molar-refractivity contribution in [1.29, 1.82) is 0 Å². The van der Waals surface area contributed by atoms with Crippen LogP contribution in [0.2, 0.25) is 0 Å². The van der Waals surface area contributed by atoms with Gasteiger partial charge in [-0.15, -0.1) is 0 Å². The fourth-order valence-electron chi connectivity index (χ4n) is 2.26. The van der Waals surface area contributed by atoms with Gasteiger partial charge in [-0.3, -0.25) is 4.90 Å². The Labute approximate surface area is 104 Å². The molecule has 2 unspecified atom stereocenters. The zero-order chi connectivity index (χ0) is 12.4. The second-order valence-electron chi connectivity index (χ2n) is 5.11. The number of anilines is 1. The van der Waals surface area contributed by atoms with Crippen LogP contribution in [0.15, 0.2) is 18.2 Å². The molecule has 1 aromatic carbocycles. The van der Waals surface area contributed by atoms with Gasteiger partial charge in [0.25, 0.3) is 0 Å². The van der Waals surface area contributed by atoms with Gasteiger partial charge in [-0.25, -0.2) is 0 Å². The highest BCUT2D eigenvalue weighted by atomic mass is 16.5. The first-order valence-electron chi connectivity index (χ1n) is 6.27. The molecule has 0 bridgehead atoms. The van der Waals surface area contributed by atoms with E-state index in [9.17, 15) is 0 Å². The Bertz CT molecular complexity index is 392. The summed E-state index contributed by atoms with van der Waals surface area (Å²) in [6.07, 6.45) is 0.334. The van der Waals surface area contributed by atoms with Gasteiger partial charge in [0.05, 0.1) is 12.7 Å². The molecule has 94 valence electrons. The lowest BCUT2D eigenvalue weighted by Crippen LogP contribution is -2.46. The summed E-state index contributed by atoms with van der Waals surface area (Å²) in [7, 11) is 0. The zero-order valence-electron chi connectivity index (χ0n) is 10.9. The van der Waals surface area contributed by atoms with Gasteiger partial charge in [0.15, 0.2) is 0 Å². The third kappa shape index (κ3) is 2.99. The van der Waals surface area contributed by atoms with Crippen LogP contribution in [-0.2, 0) is 11.3 Å². The molecule has 0 aromatic heterocycles. The predicted octanol–water partition coefficient (Wildman–Crippen LogP) is 2.19. The molecule has 3 nitrogen and oxygen atoms in total. The number of hydrogen-bond donors (Lipinski definition) is 1. The lowest BCUT2D eigenvalue weighted by molar-refractivity contribution is -0.0526.